The van der Waals surface area contributed by atoms with Gasteiger partial charge in [-0.1, -0.05) is 19.8 Å². The lowest BCUT2D eigenvalue weighted by Gasteiger charge is -2.17. The molecule has 1 saturated carbocycles. The second-order valence-electron chi connectivity index (χ2n) is 5.70. The molecule has 2 rings (SSSR count). The Kier molecular flexibility index (Phi) is 6.31. The number of ether oxygens (including phenoxy) is 1. The van der Waals surface area contributed by atoms with Gasteiger partial charge in [0.1, 0.15) is 11.6 Å². The minimum Gasteiger partial charge on any atom is -0.490 e. The maximum Gasteiger partial charge on any atom is 0.127 e. The molecular formula is C17H26FNO. The summed E-state index contributed by atoms with van der Waals surface area (Å²) < 4.78 is 19.7. The van der Waals surface area contributed by atoms with Crippen LogP contribution in [0.3, 0.4) is 0 Å². The first-order chi connectivity index (χ1) is 9.78. The molecule has 0 aromatic heterocycles. The van der Waals surface area contributed by atoms with E-state index in [2.05, 4.69) is 12.2 Å². The fraction of sp³-hybridized carbons (Fsp3) is 0.647. The molecule has 0 aliphatic heterocycles. The Morgan fingerprint density at radius 1 is 1.15 bits per heavy atom. The van der Waals surface area contributed by atoms with Gasteiger partial charge >= 0.3 is 0 Å². The molecule has 2 nitrogen and oxygen atoms in total. The normalized spacial score (nSPS) is 16.9. The summed E-state index contributed by atoms with van der Waals surface area (Å²) in [5.74, 6) is 0.481. The van der Waals surface area contributed by atoms with E-state index in [0.29, 0.717) is 12.3 Å². The Hall–Kier alpha value is -1.09. The smallest absolute Gasteiger partial charge is 0.127 e. The summed E-state index contributed by atoms with van der Waals surface area (Å²) in [5, 5.41) is 3.30. The number of hydrogen-bond donors (Lipinski definition) is 1. The lowest BCUT2D eigenvalue weighted by Crippen LogP contribution is -2.16. The highest BCUT2D eigenvalue weighted by Gasteiger charge is 2.14. The summed E-state index contributed by atoms with van der Waals surface area (Å²) in [6, 6.07) is 5.06. The molecule has 1 aromatic rings. The van der Waals surface area contributed by atoms with E-state index in [0.717, 1.165) is 31.4 Å². The first kappa shape index (κ1) is 15.3. The molecule has 112 valence electrons. The van der Waals surface area contributed by atoms with E-state index < -0.39 is 0 Å². The first-order valence-corrected chi connectivity index (χ1v) is 7.95. The van der Waals surface area contributed by atoms with Crippen molar-refractivity contribution in [2.75, 3.05) is 6.54 Å². The first-order valence-electron chi connectivity index (χ1n) is 7.95. The molecule has 20 heavy (non-hydrogen) atoms. The molecule has 0 bridgehead atoms. The molecule has 0 atom stereocenters. The monoisotopic (exact) mass is 279 g/mol. The van der Waals surface area contributed by atoms with Crippen LogP contribution in [0.15, 0.2) is 18.2 Å². The van der Waals surface area contributed by atoms with Crippen molar-refractivity contribution < 1.29 is 9.13 Å². The molecule has 1 N–H and O–H groups in total. The van der Waals surface area contributed by atoms with E-state index in [1.807, 2.05) is 6.07 Å². The van der Waals surface area contributed by atoms with Gasteiger partial charge in [-0.3, -0.25) is 0 Å². The van der Waals surface area contributed by atoms with Crippen LogP contribution in [0, 0.1) is 5.82 Å². The zero-order valence-corrected chi connectivity index (χ0v) is 12.5. The van der Waals surface area contributed by atoms with Crippen molar-refractivity contribution in [1.29, 1.82) is 0 Å². The molecular weight excluding hydrogens is 253 g/mol. The van der Waals surface area contributed by atoms with Crippen LogP contribution in [0.25, 0.3) is 0 Å². The minimum atomic E-state index is -0.204. The van der Waals surface area contributed by atoms with E-state index >= 15 is 0 Å². The lowest BCUT2D eigenvalue weighted by atomic mass is 10.1. The largest absolute Gasteiger partial charge is 0.490 e. The maximum atomic E-state index is 13.7. The van der Waals surface area contributed by atoms with Gasteiger partial charge in [-0.25, -0.2) is 4.39 Å². The quantitative estimate of drug-likeness (QED) is 0.614. The van der Waals surface area contributed by atoms with Gasteiger partial charge in [0.15, 0.2) is 0 Å². The molecule has 3 heteroatoms. The molecule has 1 aromatic carbocycles. The third-order valence-corrected chi connectivity index (χ3v) is 3.79. The van der Waals surface area contributed by atoms with Crippen molar-refractivity contribution in [3.05, 3.63) is 29.6 Å². The van der Waals surface area contributed by atoms with Crippen LogP contribution >= 0.6 is 0 Å². The van der Waals surface area contributed by atoms with Crippen LogP contribution in [0.1, 0.15) is 57.4 Å². The molecule has 0 unspecified atom stereocenters. The summed E-state index contributed by atoms with van der Waals surface area (Å²) >= 11 is 0. The molecule has 1 fully saturated rings. The van der Waals surface area contributed by atoms with E-state index in [4.69, 9.17) is 4.74 Å². The summed E-state index contributed by atoms with van der Waals surface area (Å²) in [5.41, 5.74) is 0.960. The molecule has 0 saturated heterocycles. The van der Waals surface area contributed by atoms with Gasteiger partial charge in [-0.15, -0.1) is 0 Å². The van der Waals surface area contributed by atoms with Gasteiger partial charge in [0.05, 0.1) is 6.10 Å². The lowest BCUT2D eigenvalue weighted by molar-refractivity contribution is 0.183. The average molecular weight is 279 g/mol. The van der Waals surface area contributed by atoms with Crippen molar-refractivity contribution in [2.45, 2.75) is 64.5 Å². The summed E-state index contributed by atoms with van der Waals surface area (Å²) in [6.07, 6.45) is 8.59. The van der Waals surface area contributed by atoms with Crippen LogP contribution < -0.4 is 10.1 Å². The highest BCUT2D eigenvalue weighted by Crippen LogP contribution is 2.24. The van der Waals surface area contributed by atoms with E-state index in [1.54, 1.807) is 6.07 Å². The molecule has 0 spiro atoms. The van der Waals surface area contributed by atoms with Crippen molar-refractivity contribution in [1.82, 2.24) is 5.32 Å². The van der Waals surface area contributed by atoms with Crippen LogP contribution in [0.4, 0.5) is 4.39 Å². The van der Waals surface area contributed by atoms with Crippen molar-refractivity contribution in [2.24, 2.45) is 0 Å². The third kappa shape index (κ3) is 5.12. The van der Waals surface area contributed by atoms with Crippen LogP contribution in [0.2, 0.25) is 0 Å². The molecule has 0 radical (unpaired) electrons. The molecule has 0 heterocycles. The Bertz CT molecular complexity index is 400. The Morgan fingerprint density at radius 3 is 2.60 bits per heavy atom. The minimum absolute atomic E-state index is 0.204. The Labute approximate surface area is 121 Å². The van der Waals surface area contributed by atoms with Gasteiger partial charge < -0.3 is 10.1 Å². The fourth-order valence-electron chi connectivity index (χ4n) is 2.75. The molecule has 0 amide bonds. The van der Waals surface area contributed by atoms with Crippen LogP contribution in [-0.2, 0) is 6.54 Å². The number of benzene rings is 1. The van der Waals surface area contributed by atoms with Gasteiger partial charge in [0.25, 0.3) is 0 Å². The number of hydrogen-bond acceptors (Lipinski definition) is 2. The number of nitrogens with one attached hydrogen (secondary N) is 1. The summed E-state index contributed by atoms with van der Waals surface area (Å²) in [4.78, 5) is 0. The number of halogens is 1. The van der Waals surface area contributed by atoms with Crippen LogP contribution in [0.5, 0.6) is 5.75 Å². The van der Waals surface area contributed by atoms with E-state index in [9.17, 15) is 4.39 Å². The Morgan fingerprint density at radius 2 is 1.90 bits per heavy atom. The zero-order valence-electron chi connectivity index (χ0n) is 12.5. The topological polar surface area (TPSA) is 21.3 Å². The number of rotatable bonds is 6. The third-order valence-electron chi connectivity index (χ3n) is 3.79. The standard InChI is InChI=1S/C17H26FNO/c1-2-9-19-13-14-10-15(18)12-17(11-14)20-16-7-5-3-4-6-8-16/h10-12,16,19H,2-9,13H2,1H3. The summed E-state index contributed by atoms with van der Waals surface area (Å²) in [6.45, 7) is 3.78. The van der Waals surface area contributed by atoms with Crippen molar-refractivity contribution in [3.8, 4) is 5.75 Å². The highest BCUT2D eigenvalue weighted by atomic mass is 19.1. The van der Waals surface area contributed by atoms with Crippen molar-refractivity contribution in [3.63, 3.8) is 0 Å². The zero-order chi connectivity index (χ0) is 14.2. The van der Waals surface area contributed by atoms with Gasteiger partial charge in [0, 0.05) is 12.6 Å². The van der Waals surface area contributed by atoms with E-state index in [-0.39, 0.29) is 11.9 Å². The van der Waals surface area contributed by atoms with Crippen molar-refractivity contribution >= 4 is 0 Å². The average Bonchev–Trinajstić information content (AvgIpc) is 2.67. The van der Waals surface area contributed by atoms with Crippen LogP contribution in [-0.4, -0.2) is 12.6 Å². The molecule has 1 aliphatic rings. The molecule has 1 aliphatic carbocycles. The second kappa shape index (κ2) is 8.25. The summed E-state index contributed by atoms with van der Waals surface area (Å²) in [7, 11) is 0. The SMILES string of the molecule is CCCNCc1cc(F)cc(OC2CCCCCC2)c1. The van der Waals surface area contributed by atoms with Gasteiger partial charge in [-0.05, 0) is 56.3 Å². The van der Waals surface area contributed by atoms with E-state index in [1.165, 1.54) is 31.7 Å². The predicted octanol–water partition coefficient (Wildman–Crippen LogP) is 4.43. The van der Waals surface area contributed by atoms with Gasteiger partial charge in [-0.2, -0.15) is 0 Å². The predicted molar refractivity (Wildman–Crippen MR) is 80.5 cm³/mol. The Balaban J connectivity index is 1.95. The van der Waals surface area contributed by atoms with Gasteiger partial charge in [0.2, 0.25) is 0 Å². The highest BCUT2D eigenvalue weighted by molar-refractivity contribution is 5.29. The second-order valence-corrected chi connectivity index (χ2v) is 5.70. The fourth-order valence-corrected chi connectivity index (χ4v) is 2.75. The maximum absolute atomic E-state index is 13.7.